The number of carbonyl (C=O) groups is 1. The molecule has 0 aliphatic carbocycles. The van der Waals surface area contributed by atoms with Crippen LogP contribution in [0.25, 0.3) is 5.69 Å². The van der Waals surface area contributed by atoms with Gasteiger partial charge in [-0.15, -0.1) is 0 Å². The van der Waals surface area contributed by atoms with Gasteiger partial charge in [-0.05, 0) is 36.1 Å². The van der Waals surface area contributed by atoms with Crippen molar-refractivity contribution >= 4 is 17.7 Å². The molecule has 6 heteroatoms. The molecule has 0 unspecified atom stereocenters. The van der Waals surface area contributed by atoms with Crippen molar-refractivity contribution in [1.82, 2.24) is 14.9 Å². The topological polar surface area (TPSA) is 46.9 Å². The lowest BCUT2D eigenvalue weighted by atomic mass is 10.2. The Morgan fingerprint density at radius 3 is 2.54 bits per heavy atom. The van der Waals surface area contributed by atoms with Crippen molar-refractivity contribution in [1.29, 1.82) is 0 Å². The van der Waals surface area contributed by atoms with Gasteiger partial charge in [-0.25, -0.2) is 9.37 Å². The van der Waals surface area contributed by atoms with Gasteiger partial charge in [0.2, 0.25) is 0 Å². The molecule has 0 saturated carbocycles. The smallest absolute Gasteiger partial charge is 0.270 e. The minimum atomic E-state index is -0.320. The maximum atomic E-state index is 13.2. The molecule has 1 heterocycles. The van der Waals surface area contributed by atoms with Gasteiger partial charge >= 0.3 is 0 Å². The molecule has 2 aromatic carbocycles. The number of hydrogen-bond donors (Lipinski definition) is 1. The fraction of sp³-hybridized carbons (Fsp3) is 0.111. The number of rotatable bonds is 5. The summed E-state index contributed by atoms with van der Waals surface area (Å²) in [5.74, 6) is -0.546. The van der Waals surface area contributed by atoms with E-state index in [0.29, 0.717) is 23.1 Å². The number of nitrogens with zero attached hydrogens (tertiary/aromatic N) is 2. The van der Waals surface area contributed by atoms with Crippen LogP contribution in [0.3, 0.4) is 0 Å². The van der Waals surface area contributed by atoms with E-state index in [2.05, 4.69) is 10.3 Å². The lowest BCUT2D eigenvalue weighted by molar-refractivity contribution is 0.0943. The predicted octanol–water partition coefficient (Wildman–Crippen LogP) is 3.66. The zero-order valence-electron chi connectivity index (χ0n) is 13.1. The molecule has 0 saturated heterocycles. The van der Waals surface area contributed by atoms with Crippen LogP contribution in [-0.4, -0.2) is 21.7 Å². The number of carbonyl (C=O) groups excluding carboxylic acids is 1. The molecule has 24 heavy (non-hydrogen) atoms. The molecule has 1 N–H and O–H groups in total. The molecule has 0 atom stereocenters. The number of halogens is 1. The van der Waals surface area contributed by atoms with Crippen LogP contribution in [0.15, 0.2) is 66.0 Å². The zero-order valence-corrected chi connectivity index (χ0v) is 13.9. The quantitative estimate of drug-likeness (QED) is 0.721. The average molecular weight is 341 g/mol. The molecule has 0 aliphatic rings. The predicted molar refractivity (Wildman–Crippen MR) is 92.9 cm³/mol. The Morgan fingerprint density at radius 1 is 1.17 bits per heavy atom. The molecule has 3 aromatic rings. The van der Waals surface area contributed by atoms with Crippen molar-refractivity contribution in [3.63, 3.8) is 0 Å². The number of amides is 1. The highest BCUT2D eigenvalue weighted by atomic mass is 32.2. The molecule has 3 rings (SSSR count). The highest BCUT2D eigenvalue weighted by Crippen LogP contribution is 2.22. The molecule has 1 amide bonds. The van der Waals surface area contributed by atoms with Crippen LogP contribution in [0.5, 0.6) is 0 Å². The molecule has 0 radical (unpaired) electrons. The summed E-state index contributed by atoms with van der Waals surface area (Å²) in [4.78, 5) is 16.8. The van der Waals surface area contributed by atoms with E-state index in [0.717, 1.165) is 5.56 Å². The first-order chi connectivity index (χ1) is 11.7. The van der Waals surface area contributed by atoms with Gasteiger partial charge in [0.05, 0.1) is 6.20 Å². The second-order valence-electron chi connectivity index (χ2n) is 5.11. The number of nitrogens with one attached hydrogen (secondary N) is 1. The Hall–Kier alpha value is -2.60. The van der Waals surface area contributed by atoms with Crippen molar-refractivity contribution in [2.24, 2.45) is 0 Å². The fourth-order valence-corrected chi connectivity index (χ4v) is 2.89. The third-order valence-electron chi connectivity index (χ3n) is 3.53. The Kier molecular flexibility index (Phi) is 4.96. The molecule has 1 aromatic heterocycles. The van der Waals surface area contributed by atoms with Crippen LogP contribution in [0.4, 0.5) is 4.39 Å². The van der Waals surface area contributed by atoms with Gasteiger partial charge in [-0.2, -0.15) is 0 Å². The fourth-order valence-electron chi connectivity index (χ4n) is 2.35. The largest absolute Gasteiger partial charge is 0.347 e. The lowest BCUT2D eigenvalue weighted by Gasteiger charge is -2.11. The summed E-state index contributed by atoms with van der Waals surface area (Å²) in [5, 5.41) is 3.56. The zero-order chi connectivity index (χ0) is 16.9. The van der Waals surface area contributed by atoms with E-state index in [1.165, 1.54) is 30.1 Å². The monoisotopic (exact) mass is 341 g/mol. The van der Waals surface area contributed by atoms with Gasteiger partial charge in [-0.3, -0.25) is 9.36 Å². The van der Waals surface area contributed by atoms with Gasteiger partial charge in [0.25, 0.3) is 5.91 Å². The molecule has 0 aliphatic heterocycles. The minimum absolute atomic E-state index is 0.226. The van der Waals surface area contributed by atoms with Gasteiger partial charge in [-0.1, -0.05) is 42.1 Å². The van der Waals surface area contributed by atoms with Crippen LogP contribution >= 0.6 is 11.8 Å². The van der Waals surface area contributed by atoms with Crippen LogP contribution in [-0.2, 0) is 6.54 Å². The molecule has 0 bridgehead atoms. The molecule has 122 valence electrons. The summed E-state index contributed by atoms with van der Waals surface area (Å²) in [7, 11) is 0. The van der Waals surface area contributed by atoms with E-state index in [1.807, 2.05) is 36.6 Å². The Bertz CT molecular complexity index is 831. The Labute approximate surface area is 143 Å². The van der Waals surface area contributed by atoms with E-state index in [1.54, 1.807) is 16.7 Å². The molecular weight excluding hydrogens is 325 g/mol. The number of benzene rings is 2. The van der Waals surface area contributed by atoms with Crippen molar-refractivity contribution < 1.29 is 9.18 Å². The molecular formula is C18H16FN3OS. The summed E-state index contributed by atoms with van der Waals surface area (Å²) in [6.45, 7) is 0.433. The van der Waals surface area contributed by atoms with E-state index in [4.69, 9.17) is 0 Å². The second-order valence-corrected chi connectivity index (χ2v) is 5.88. The van der Waals surface area contributed by atoms with Crippen LogP contribution in [0.2, 0.25) is 0 Å². The van der Waals surface area contributed by atoms with Crippen LogP contribution < -0.4 is 5.32 Å². The Balaban J connectivity index is 1.86. The average Bonchev–Trinajstić information content (AvgIpc) is 3.05. The number of thioether (sulfide) groups is 1. The number of hydrogen-bond acceptors (Lipinski definition) is 3. The summed E-state index contributed by atoms with van der Waals surface area (Å²) in [6.07, 6.45) is 3.42. The first-order valence-corrected chi connectivity index (χ1v) is 8.61. The second kappa shape index (κ2) is 7.31. The molecule has 4 nitrogen and oxygen atoms in total. The number of imidazole rings is 1. The van der Waals surface area contributed by atoms with Crippen molar-refractivity contribution in [3.05, 3.63) is 77.9 Å². The van der Waals surface area contributed by atoms with E-state index >= 15 is 0 Å². The SMILES string of the molecule is CSc1ncc(C(=O)NCc2ccccc2)n1-c1ccc(F)cc1. The van der Waals surface area contributed by atoms with Gasteiger partial charge in [0.1, 0.15) is 11.5 Å². The van der Waals surface area contributed by atoms with Crippen molar-refractivity contribution in [2.75, 3.05) is 6.26 Å². The van der Waals surface area contributed by atoms with Gasteiger partial charge < -0.3 is 5.32 Å². The van der Waals surface area contributed by atoms with Gasteiger partial charge in [0.15, 0.2) is 5.16 Å². The first kappa shape index (κ1) is 16.3. The van der Waals surface area contributed by atoms with Crippen LogP contribution in [0, 0.1) is 5.82 Å². The van der Waals surface area contributed by atoms with Crippen LogP contribution in [0.1, 0.15) is 16.1 Å². The third kappa shape index (κ3) is 3.49. The van der Waals surface area contributed by atoms with Crippen molar-refractivity contribution in [3.8, 4) is 5.69 Å². The van der Waals surface area contributed by atoms with E-state index in [9.17, 15) is 9.18 Å². The summed E-state index contributed by atoms with van der Waals surface area (Å²) >= 11 is 1.43. The summed E-state index contributed by atoms with van der Waals surface area (Å²) in [5.41, 5.74) is 2.13. The normalized spacial score (nSPS) is 10.6. The first-order valence-electron chi connectivity index (χ1n) is 7.39. The van der Waals surface area contributed by atoms with Gasteiger partial charge in [0, 0.05) is 12.2 Å². The number of aromatic nitrogens is 2. The standard InChI is InChI=1S/C18H16FN3OS/c1-24-18-21-12-16(22(18)15-9-7-14(19)8-10-15)17(23)20-11-13-5-3-2-4-6-13/h2-10,12H,11H2,1H3,(H,20,23). The highest BCUT2D eigenvalue weighted by Gasteiger charge is 2.17. The Morgan fingerprint density at radius 2 is 1.88 bits per heavy atom. The molecule has 0 fully saturated rings. The highest BCUT2D eigenvalue weighted by molar-refractivity contribution is 7.98. The summed E-state index contributed by atoms with van der Waals surface area (Å²) < 4.78 is 14.9. The third-order valence-corrected chi connectivity index (χ3v) is 4.18. The minimum Gasteiger partial charge on any atom is -0.347 e. The lowest BCUT2D eigenvalue weighted by Crippen LogP contribution is -2.25. The maximum Gasteiger partial charge on any atom is 0.270 e. The van der Waals surface area contributed by atoms with E-state index in [-0.39, 0.29) is 11.7 Å². The summed E-state index contributed by atoms with van der Waals surface area (Å²) in [6, 6.07) is 15.7. The van der Waals surface area contributed by atoms with Crippen molar-refractivity contribution in [2.45, 2.75) is 11.7 Å². The molecule has 0 spiro atoms. The maximum absolute atomic E-state index is 13.2. The van der Waals surface area contributed by atoms with E-state index < -0.39 is 0 Å².